The standard InChI is InChI=1S/C16H13BrFN3/c1-9-7-11(18)15(17)14-13(21-19)8-12(20-16(9)14)10-5-3-2-4-6-10/h2-8H,19H2,1H3,(H,20,21). The van der Waals surface area contributed by atoms with Crippen molar-refractivity contribution in [3.8, 4) is 11.3 Å². The molecule has 0 aliphatic heterocycles. The van der Waals surface area contributed by atoms with Crippen LogP contribution in [0.5, 0.6) is 0 Å². The summed E-state index contributed by atoms with van der Waals surface area (Å²) in [7, 11) is 0. The number of hydrogen-bond donors (Lipinski definition) is 2. The number of anilines is 1. The maximum Gasteiger partial charge on any atom is 0.138 e. The molecule has 1 aromatic heterocycles. The van der Waals surface area contributed by atoms with E-state index in [2.05, 4.69) is 26.3 Å². The predicted molar refractivity (Wildman–Crippen MR) is 87.4 cm³/mol. The number of aromatic nitrogens is 1. The van der Waals surface area contributed by atoms with E-state index in [1.54, 1.807) is 0 Å². The first-order valence-electron chi connectivity index (χ1n) is 6.43. The fraction of sp³-hybridized carbons (Fsp3) is 0.0625. The molecule has 0 bridgehead atoms. The lowest BCUT2D eigenvalue weighted by Gasteiger charge is -2.13. The summed E-state index contributed by atoms with van der Waals surface area (Å²) in [6, 6.07) is 13.1. The van der Waals surface area contributed by atoms with Gasteiger partial charge in [0.05, 0.1) is 21.4 Å². The van der Waals surface area contributed by atoms with Crippen molar-refractivity contribution in [1.82, 2.24) is 4.98 Å². The van der Waals surface area contributed by atoms with Crippen molar-refractivity contribution >= 4 is 32.5 Å². The second-order valence-corrected chi connectivity index (χ2v) is 5.57. The molecule has 21 heavy (non-hydrogen) atoms. The van der Waals surface area contributed by atoms with Crippen LogP contribution >= 0.6 is 15.9 Å². The molecule has 0 amide bonds. The van der Waals surface area contributed by atoms with Gasteiger partial charge in [-0.05, 0) is 40.5 Å². The van der Waals surface area contributed by atoms with E-state index in [0.717, 1.165) is 22.3 Å². The monoisotopic (exact) mass is 345 g/mol. The van der Waals surface area contributed by atoms with Gasteiger partial charge in [-0.25, -0.2) is 9.37 Å². The second kappa shape index (κ2) is 5.42. The number of aryl methyl sites for hydroxylation is 1. The number of rotatable bonds is 2. The number of nitrogens with zero attached hydrogens (tertiary/aromatic N) is 1. The van der Waals surface area contributed by atoms with Crippen molar-refractivity contribution in [2.45, 2.75) is 6.92 Å². The number of fused-ring (bicyclic) bond motifs is 1. The lowest BCUT2D eigenvalue weighted by molar-refractivity contribution is 0.622. The van der Waals surface area contributed by atoms with Gasteiger partial charge in [-0.3, -0.25) is 5.84 Å². The van der Waals surface area contributed by atoms with Crippen LogP contribution in [-0.4, -0.2) is 4.98 Å². The van der Waals surface area contributed by atoms with E-state index < -0.39 is 0 Å². The minimum atomic E-state index is -0.328. The lowest BCUT2D eigenvalue weighted by atomic mass is 10.1. The summed E-state index contributed by atoms with van der Waals surface area (Å²) in [5, 5.41) is 0.648. The van der Waals surface area contributed by atoms with E-state index in [-0.39, 0.29) is 5.82 Å². The number of hydrazine groups is 1. The van der Waals surface area contributed by atoms with Crippen LogP contribution in [0.2, 0.25) is 0 Å². The highest BCUT2D eigenvalue weighted by atomic mass is 79.9. The Labute approximate surface area is 130 Å². The number of nitrogens with one attached hydrogen (secondary N) is 1. The Balaban J connectivity index is 2.38. The fourth-order valence-electron chi connectivity index (χ4n) is 2.36. The van der Waals surface area contributed by atoms with Crippen LogP contribution in [-0.2, 0) is 0 Å². The molecule has 2 aromatic carbocycles. The average Bonchev–Trinajstić information content (AvgIpc) is 2.52. The largest absolute Gasteiger partial charge is 0.323 e. The van der Waals surface area contributed by atoms with Crippen molar-refractivity contribution in [3.05, 3.63) is 58.3 Å². The average molecular weight is 346 g/mol. The summed E-state index contributed by atoms with van der Waals surface area (Å²) in [4.78, 5) is 4.66. The maximum absolute atomic E-state index is 13.9. The lowest BCUT2D eigenvalue weighted by Crippen LogP contribution is -2.08. The Kier molecular flexibility index (Phi) is 3.61. The summed E-state index contributed by atoms with van der Waals surface area (Å²) in [5.41, 5.74) is 6.53. The Hall–Kier alpha value is -1.98. The molecule has 3 N–H and O–H groups in total. The van der Waals surface area contributed by atoms with E-state index in [9.17, 15) is 4.39 Å². The van der Waals surface area contributed by atoms with Crippen LogP contribution in [0.15, 0.2) is 46.9 Å². The second-order valence-electron chi connectivity index (χ2n) is 4.78. The van der Waals surface area contributed by atoms with Crippen molar-refractivity contribution < 1.29 is 4.39 Å². The van der Waals surface area contributed by atoms with E-state index >= 15 is 0 Å². The summed E-state index contributed by atoms with van der Waals surface area (Å²) in [6.45, 7) is 1.83. The Bertz CT molecular complexity index is 819. The molecule has 3 aromatic rings. The smallest absolute Gasteiger partial charge is 0.138 e. The van der Waals surface area contributed by atoms with E-state index in [1.165, 1.54) is 6.07 Å². The maximum atomic E-state index is 13.9. The van der Waals surface area contributed by atoms with Gasteiger partial charge in [0.2, 0.25) is 0 Å². The van der Waals surface area contributed by atoms with E-state index in [4.69, 9.17) is 5.84 Å². The van der Waals surface area contributed by atoms with E-state index in [0.29, 0.717) is 15.5 Å². The zero-order valence-electron chi connectivity index (χ0n) is 11.3. The number of nitrogens with two attached hydrogens (primary N) is 1. The van der Waals surface area contributed by atoms with Gasteiger partial charge in [0.1, 0.15) is 5.82 Å². The van der Waals surface area contributed by atoms with Crippen LogP contribution in [0.4, 0.5) is 10.1 Å². The van der Waals surface area contributed by atoms with Gasteiger partial charge in [0.15, 0.2) is 0 Å². The van der Waals surface area contributed by atoms with Gasteiger partial charge in [0.25, 0.3) is 0 Å². The van der Waals surface area contributed by atoms with Crippen molar-refractivity contribution in [1.29, 1.82) is 0 Å². The van der Waals surface area contributed by atoms with Gasteiger partial charge >= 0.3 is 0 Å². The summed E-state index contributed by atoms with van der Waals surface area (Å²) < 4.78 is 14.3. The molecule has 0 atom stereocenters. The van der Waals surface area contributed by atoms with Gasteiger partial charge < -0.3 is 5.43 Å². The zero-order chi connectivity index (χ0) is 15.0. The van der Waals surface area contributed by atoms with Crippen LogP contribution in [0.3, 0.4) is 0 Å². The quantitative estimate of drug-likeness (QED) is 0.534. The van der Waals surface area contributed by atoms with Crippen molar-refractivity contribution in [2.24, 2.45) is 5.84 Å². The van der Waals surface area contributed by atoms with Gasteiger partial charge in [0, 0.05) is 10.9 Å². The molecule has 3 rings (SSSR count). The first-order chi connectivity index (χ1) is 10.1. The molecule has 0 radical (unpaired) electrons. The zero-order valence-corrected chi connectivity index (χ0v) is 12.9. The van der Waals surface area contributed by atoms with Crippen molar-refractivity contribution in [2.75, 3.05) is 5.43 Å². The summed E-state index contributed by atoms with van der Waals surface area (Å²) >= 11 is 3.28. The van der Waals surface area contributed by atoms with Gasteiger partial charge in [-0.2, -0.15) is 0 Å². The van der Waals surface area contributed by atoms with E-state index in [1.807, 2.05) is 43.3 Å². The van der Waals surface area contributed by atoms with Gasteiger partial charge in [-0.1, -0.05) is 30.3 Å². The predicted octanol–water partition coefficient (Wildman–Crippen LogP) is 4.40. The molecule has 0 spiro atoms. The fourth-order valence-corrected chi connectivity index (χ4v) is 2.88. The molecule has 5 heteroatoms. The normalized spacial score (nSPS) is 10.9. The molecular weight excluding hydrogens is 333 g/mol. The highest BCUT2D eigenvalue weighted by Crippen LogP contribution is 2.36. The molecular formula is C16H13BrFN3. The summed E-state index contributed by atoms with van der Waals surface area (Å²) in [6.07, 6.45) is 0. The third-order valence-corrected chi connectivity index (χ3v) is 4.17. The number of hydrogen-bond acceptors (Lipinski definition) is 3. The minimum Gasteiger partial charge on any atom is -0.323 e. The Morgan fingerprint density at radius 3 is 2.57 bits per heavy atom. The Morgan fingerprint density at radius 2 is 1.90 bits per heavy atom. The topological polar surface area (TPSA) is 50.9 Å². The molecule has 3 nitrogen and oxygen atoms in total. The summed E-state index contributed by atoms with van der Waals surface area (Å²) in [5.74, 6) is 5.28. The molecule has 0 saturated heterocycles. The number of benzene rings is 2. The number of nitrogen functional groups attached to an aromatic ring is 1. The van der Waals surface area contributed by atoms with Crippen LogP contribution in [0.25, 0.3) is 22.2 Å². The highest BCUT2D eigenvalue weighted by Gasteiger charge is 2.15. The number of halogens is 2. The number of pyridine rings is 1. The molecule has 1 heterocycles. The van der Waals surface area contributed by atoms with Crippen LogP contribution in [0.1, 0.15) is 5.56 Å². The Morgan fingerprint density at radius 1 is 1.19 bits per heavy atom. The van der Waals surface area contributed by atoms with Crippen LogP contribution in [0, 0.1) is 12.7 Å². The molecule has 0 unspecified atom stereocenters. The van der Waals surface area contributed by atoms with Crippen molar-refractivity contribution in [3.63, 3.8) is 0 Å². The van der Waals surface area contributed by atoms with Gasteiger partial charge in [-0.15, -0.1) is 0 Å². The molecule has 0 saturated carbocycles. The molecule has 106 valence electrons. The molecule has 0 aliphatic carbocycles. The highest BCUT2D eigenvalue weighted by molar-refractivity contribution is 9.10. The first-order valence-corrected chi connectivity index (χ1v) is 7.22. The third-order valence-electron chi connectivity index (χ3n) is 3.39. The SMILES string of the molecule is Cc1cc(F)c(Br)c2c(NN)cc(-c3ccccc3)nc12. The third kappa shape index (κ3) is 2.39. The minimum absolute atomic E-state index is 0.328. The molecule has 0 fully saturated rings. The van der Waals surface area contributed by atoms with Crippen LogP contribution < -0.4 is 11.3 Å². The molecule has 0 aliphatic rings. The first kappa shape index (κ1) is 14.0.